The molecule has 5 nitrogen and oxygen atoms in total. The molecule has 0 aromatic carbocycles. The summed E-state index contributed by atoms with van der Waals surface area (Å²) in [5.41, 5.74) is 0.939. The maximum atomic E-state index is 12.0. The van der Waals surface area contributed by atoms with Crippen LogP contribution in [0, 0.1) is 0 Å². The molecule has 2 rings (SSSR count). The molecule has 1 aromatic rings. The van der Waals surface area contributed by atoms with E-state index in [4.69, 9.17) is 0 Å². The molecule has 0 aliphatic carbocycles. The number of hydrogen-bond acceptors (Lipinski definition) is 3. The molecule has 1 aliphatic heterocycles. The van der Waals surface area contributed by atoms with E-state index in [2.05, 4.69) is 22.1 Å². The van der Waals surface area contributed by atoms with Gasteiger partial charge in [-0.3, -0.25) is 4.79 Å². The Morgan fingerprint density at radius 2 is 2.15 bits per heavy atom. The number of carbonyl (C=O) groups excluding carboxylic acids is 2. The van der Waals surface area contributed by atoms with Crippen molar-refractivity contribution in [3.8, 4) is 0 Å². The average Bonchev–Trinajstić information content (AvgIpc) is 2.80. The van der Waals surface area contributed by atoms with E-state index in [1.807, 2.05) is 20.8 Å². The van der Waals surface area contributed by atoms with Crippen molar-refractivity contribution in [2.45, 2.75) is 39.3 Å². The molecule has 0 bridgehead atoms. The van der Waals surface area contributed by atoms with Crippen LogP contribution < -0.4 is 10.6 Å². The first-order valence-corrected chi connectivity index (χ1v) is 7.62. The van der Waals surface area contributed by atoms with E-state index < -0.39 is 0 Å². The maximum absolute atomic E-state index is 12.0. The lowest BCUT2D eigenvalue weighted by Gasteiger charge is -2.27. The largest absolute Gasteiger partial charge is 0.350 e. The van der Waals surface area contributed by atoms with Gasteiger partial charge in [0.25, 0.3) is 0 Å². The minimum absolute atomic E-state index is 0.0170. The van der Waals surface area contributed by atoms with E-state index in [1.165, 1.54) is 10.4 Å². The second-order valence-corrected chi connectivity index (χ2v) is 7.00. The molecule has 6 heteroatoms. The van der Waals surface area contributed by atoms with E-state index in [9.17, 15) is 9.59 Å². The molecule has 2 heterocycles. The number of carbonyl (C=O) groups is 2. The van der Waals surface area contributed by atoms with Gasteiger partial charge in [0.05, 0.1) is 6.54 Å². The quantitative estimate of drug-likeness (QED) is 0.873. The van der Waals surface area contributed by atoms with Crippen LogP contribution in [0.2, 0.25) is 0 Å². The number of nitrogens with one attached hydrogen (secondary N) is 2. The summed E-state index contributed by atoms with van der Waals surface area (Å²) in [5.74, 6) is -0.168. The van der Waals surface area contributed by atoms with Gasteiger partial charge in [-0.1, -0.05) is 0 Å². The number of rotatable bonds is 2. The van der Waals surface area contributed by atoms with Crippen LogP contribution in [0.25, 0.3) is 0 Å². The normalized spacial score (nSPS) is 14.7. The van der Waals surface area contributed by atoms with Gasteiger partial charge < -0.3 is 15.5 Å². The fourth-order valence-corrected chi connectivity index (χ4v) is 3.04. The summed E-state index contributed by atoms with van der Waals surface area (Å²) in [6.45, 7) is 7.09. The Bertz CT molecular complexity index is 505. The molecule has 1 aromatic heterocycles. The van der Waals surface area contributed by atoms with E-state index in [1.54, 1.807) is 16.2 Å². The first-order chi connectivity index (χ1) is 9.35. The third-order valence-electron chi connectivity index (χ3n) is 3.01. The third-order valence-corrected chi connectivity index (χ3v) is 4.03. The highest BCUT2D eigenvalue weighted by Gasteiger charge is 2.22. The van der Waals surface area contributed by atoms with Gasteiger partial charge in [-0.15, -0.1) is 11.3 Å². The molecule has 0 saturated carbocycles. The summed E-state index contributed by atoms with van der Waals surface area (Å²) in [7, 11) is 0. The highest BCUT2D eigenvalue weighted by Crippen LogP contribution is 2.23. The topological polar surface area (TPSA) is 61.4 Å². The lowest BCUT2D eigenvalue weighted by Crippen LogP contribution is -2.49. The van der Waals surface area contributed by atoms with Crippen molar-refractivity contribution >= 4 is 23.3 Å². The van der Waals surface area contributed by atoms with E-state index >= 15 is 0 Å². The Morgan fingerprint density at radius 1 is 1.40 bits per heavy atom. The molecular formula is C14H21N3O2S. The zero-order chi connectivity index (χ0) is 14.8. The van der Waals surface area contributed by atoms with Gasteiger partial charge in [-0.05, 0) is 44.2 Å². The van der Waals surface area contributed by atoms with Crippen molar-refractivity contribution in [1.82, 2.24) is 15.5 Å². The van der Waals surface area contributed by atoms with E-state index in [-0.39, 0.29) is 24.0 Å². The third kappa shape index (κ3) is 3.96. The molecule has 2 N–H and O–H groups in total. The first-order valence-electron chi connectivity index (χ1n) is 6.74. The minimum Gasteiger partial charge on any atom is -0.350 e. The molecule has 0 saturated heterocycles. The minimum atomic E-state index is -0.279. The van der Waals surface area contributed by atoms with E-state index in [0.29, 0.717) is 13.1 Å². The van der Waals surface area contributed by atoms with E-state index in [0.717, 1.165) is 6.42 Å². The van der Waals surface area contributed by atoms with Crippen molar-refractivity contribution in [2.75, 3.05) is 13.1 Å². The lowest BCUT2D eigenvalue weighted by molar-refractivity contribution is -0.121. The lowest BCUT2D eigenvalue weighted by atomic mass is 10.1. The van der Waals surface area contributed by atoms with Crippen LogP contribution in [0.3, 0.4) is 0 Å². The number of thiophene rings is 1. The van der Waals surface area contributed by atoms with Crippen molar-refractivity contribution in [1.29, 1.82) is 0 Å². The van der Waals surface area contributed by atoms with Crippen molar-refractivity contribution in [3.05, 3.63) is 21.9 Å². The molecule has 110 valence electrons. The van der Waals surface area contributed by atoms with Crippen molar-refractivity contribution < 1.29 is 9.59 Å². The summed E-state index contributed by atoms with van der Waals surface area (Å²) in [5, 5.41) is 7.55. The predicted molar refractivity (Wildman–Crippen MR) is 79.7 cm³/mol. The van der Waals surface area contributed by atoms with Gasteiger partial charge in [0.1, 0.15) is 0 Å². The van der Waals surface area contributed by atoms with Crippen LogP contribution in [-0.2, 0) is 17.8 Å². The highest BCUT2D eigenvalue weighted by molar-refractivity contribution is 7.10. The van der Waals surface area contributed by atoms with Crippen molar-refractivity contribution in [2.24, 2.45) is 0 Å². The summed E-state index contributed by atoms with van der Waals surface area (Å²) in [4.78, 5) is 26.8. The fraction of sp³-hybridized carbons (Fsp3) is 0.571. The molecule has 0 atom stereocenters. The Morgan fingerprint density at radius 3 is 2.85 bits per heavy atom. The Labute approximate surface area is 123 Å². The van der Waals surface area contributed by atoms with Gasteiger partial charge in [-0.25, -0.2) is 4.79 Å². The van der Waals surface area contributed by atoms with Gasteiger partial charge >= 0.3 is 6.03 Å². The molecule has 20 heavy (non-hydrogen) atoms. The number of hydrogen-bond donors (Lipinski definition) is 2. The average molecular weight is 295 g/mol. The number of fused-ring (bicyclic) bond motifs is 1. The van der Waals surface area contributed by atoms with Crippen LogP contribution >= 0.6 is 11.3 Å². The molecule has 0 radical (unpaired) electrons. The van der Waals surface area contributed by atoms with Crippen LogP contribution in [0.5, 0.6) is 0 Å². The SMILES string of the molecule is CC(C)(C)NC(=O)CNC(=O)N1CCc2sccc2C1. The first kappa shape index (κ1) is 14.8. The van der Waals surface area contributed by atoms with Crippen molar-refractivity contribution in [3.63, 3.8) is 0 Å². The monoisotopic (exact) mass is 295 g/mol. The number of nitrogens with zero attached hydrogens (tertiary/aromatic N) is 1. The Hall–Kier alpha value is -1.56. The second kappa shape index (κ2) is 5.83. The number of amides is 3. The van der Waals surface area contributed by atoms with Gasteiger partial charge in [0.2, 0.25) is 5.91 Å². The van der Waals surface area contributed by atoms with Crippen LogP contribution in [-0.4, -0.2) is 35.5 Å². The van der Waals surface area contributed by atoms with Crippen LogP contribution in [0.4, 0.5) is 4.79 Å². The Kier molecular flexibility index (Phi) is 4.32. The second-order valence-electron chi connectivity index (χ2n) is 6.00. The maximum Gasteiger partial charge on any atom is 0.318 e. The van der Waals surface area contributed by atoms with Gasteiger partial charge in [0.15, 0.2) is 0 Å². The smallest absolute Gasteiger partial charge is 0.318 e. The van der Waals surface area contributed by atoms with Crippen LogP contribution in [0.15, 0.2) is 11.4 Å². The molecule has 0 fully saturated rings. The standard InChI is InChI=1S/C14H21N3O2S/c1-14(2,3)16-12(18)8-15-13(19)17-6-4-11-10(9-17)5-7-20-11/h5,7H,4,6,8-9H2,1-3H3,(H,15,19)(H,16,18). The zero-order valence-corrected chi connectivity index (χ0v) is 13.0. The summed E-state index contributed by atoms with van der Waals surface area (Å²) in [6, 6.07) is 1.89. The molecule has 3 amide bonds. The highest BCUT2D eigenvalue weighted by atomic mass is 32.1. The van der Waals surface area contributed by atoms with Crippen LogP contribution in [0.1, 0.15) is 31.2 Å². The summed E-state index contributed by atoms with van der Waals surface area (Å²) >= 11 is 1.74. The fourth-order valence-electron chi connectivity index (χ4n) is 2.15. The van der Waals surface area contributed by atoms with Gasteiger partial charge in [-0.2, -0.15) is 0 Å². The van der Waals surface area contributed by atoms with Gasteiger partial charge in [0, 0.05) is 23.5 Å². The summed E-state index contributed by atoms with van der Waals surface area (Å²) in [6.07, 6.45) is 0.897. The molecule has 0 unspecified atom stereocenters. The summed E-state index contributed by atoms with van der Waals surface area (Å²) < 4.78 is 0. The number of urea groups is 1. The predicted octanol–water partition coefficient (Wildman–Crippen LogP) is 1.73. The Balaban J connectivity index is 1.80. The zero-order valence-electron chi connectivity index (χ0n) is 12.2. The molecule has 1 aliphatic rings. The molecular weight excluding hydrogens is 274 g/mol. The molecule has 0 spiro atoms.